The first-order valence-electron chi connectivity index (χ1n) is 3.64. The third kappa shape index (κ3) is 2.71. The van der Waals surface area contributed by atoms with Crippen LogP contribution < -0.4 is 4.72 Å². The zero-order chi connectivity index (χ0) is 10.6. The summed E-state index contributed by atoms with van der Waals surface area (Å²) < 4.78 is 35.5. The van der Waals surface area contributed by atoms with Crippen molar-refractivity contribution in [2.45, 2.75) is 0 Å². The molecular formula is C8H7FN2O2S. The number of sulfonamides is 1. The molecule has 0 aromatic heterocycles. The van der Waals surface area contributed by atoms with E-state index in [1.807, 2.05) is 10.8 Å². The summed E-state index contributed by atoms with van der Waals surface area (Å²) in [6.07, 6.45) is 0. The van der Waals surface area contributed by atoms with E-state index in [1.54, 1.807) is 0 Å². The Morgan fingerprint density at radius 1 is 1.50 bits per heavy atom. The Morgan fingerprint density at radius 3 is 2.79 bits per heavy atom. The molecule has 1 rings (SSSR count). The van der Waals surface area contributed by atoms with Crippen molar-refractivity contribution < 1.29 is 12.8 Å². The van der Waals surface area contributed by atoms with Crippen molar-refractivity contribution in [2.24, 2.45) is 0 Å². The number of alkyl halides is 1. The van der Waals surface area contributed by atoms with Gasteiger partial charge < -0.3 is 0 Å². The van der Waals surface area contributed by atoms with Crippen molar-refractivity contribution in [1.82, 2.24) is 0 Å². The maximum absolute atomic E-state index is 11.9. The van der Waals surface area contributed by atoms with Gasteiger partial charge in [-0.1, -0.05) is 6.07 Å². The molecule has 6 heteroatoms. The van der Waals surface area contributed by atoms with Crippen molar-refractivity contribution in [2.75, 3.05) is 10.7 Å². The van der Waals surface area contributed by atoms with Crippen molar-refractivity contribution in [3.05, 3.63) is 29.8 Å². The van der Waals surface area contributed by atoms with Crippen molar-refractivity contribution in [1.29, 1.82) is 5.26 Å². The standard InChI is InChI=1S/C8H7FN2O2S/c9-6-14(12,13)11-8-3-1-2-7(4-8)5-10/h1-4,11H,6H2. The Balaban J connectivity index is 2.94. The lowest BCUT2D eigenvalue weighted by atomic mass is 10.2. The average molecular weight is 214 g/mol. The second-order valence-electron chi connectivity index (χ2n) is 2.52. The van der Waals surface area contributed by atoms with Crippen LogP contribution in [0.3, 0.4) is 0 Å². The number of benzene rings is 1. The molecule has 0 aliphatic heterocycles. The minimum atomic E-state index is -3.92. The van der Waals surface area contributed by atoms with Crippen LogP contribution in [0.4, 0.5) is 10.1 Å². The molecule has 14 heavy (non-hydrogen) atoms. The molecule has 0 heterocycles. The first-order chi connectivity index (χ1) is 6.57. The highest BCUT2D eigenvalue weighted by Gasteiger charge is 2.08. The molecule has 0 radical (unpaired) electrons. The van der Waals surface area contributed by atoms with Gasteiger partial charge in [-0.25, -0.2) is 12.8 Å². The van der Waals surface area contributed by atoms with Crippen LogP contribution in [0.1, 0.15) is 5.56 Å². The van der Waals surface area contributed by atoms with Crippen LogP contribution >= 0.6 is 0 Å². The lowest BCUT2D eigenvalue weighted by Gasteiger charge is -2.03. The predicted octanol–water partition coefficient (Wildman–Crippen LogP) is 1.23. The Hall–Kier alpha value is -1.61. The van der Waals surface area contributed by atoms with Gasteiger partial charge in [-0.15, -0.1) is 0 Å². The third-order valence-electron chi connectivity index (χ3n) is 1.41. The van der Waals surface area contributed by atoms with Crippen LogP contribution in [0.25, 0.3) is 0 Å². The molecule has 0 amide bonds. The number of nitrogens with one attached hydrogen (secondary N) is 1. The largest absolute Gasteiger partial charge is 0.281 e. The molecule has 0 fully saturated rings. The fraction of sp³-hybridized carbons (Fsp3) is 0.125. The van der Waals surface area contributed by atoms with E-state index in [0.717, 1.165) is 0 Å². The van der Waals surface area contributed by atoms with Gasteiger partial charge >= 0.3 is 0 Å². The van der Waals surface area contributed by atoms with E-state index in [-0.39, 0.29) is 5.69 Å². The number of nitriles is 1. The summed E-state index contributed by atoms with van der Waals surface area (Å²) in [5.74, 6) is 0. The maximum atomic E-state index is 11.9. The number of nitrogens with zero attached hydrogens (tertiary/aromatic N) is 1. The van der Waals surface area contributed by atoms with Crippen LogP contribution in [0.15, 0.2) is 24.3 Å². The molecule has 0 aliphatic carbocycles. The Bertz CT molecular complexity index is 464. The Morgan fingerprint density at radius 2 is 2.21 bits per heavy atom. The van der Waals surface area contributed by atoms with E-state index >= 15 is 0 Å². The zero-order valence-electron chi connectivity index (χ0n) is 7.07. The van der Waals surface area contributed by atoms with Crippen LogP contribution in [-0.4, -0.2) is 14.4 Å². The fourth-order valence-electron chi connectivity index (χ4n) is 0.859. The van der Waals surface area contributed by atoms with Crippen molar-refractivity contribution in [3.63, 3.8) is 0 Å². The number of hydrogen-bond donors (Lipinski definition) is 1. The van der Waals surface area contributed by atoms with E-state index in [2.05, 4.69) is 0 Å². The summed E-state index contributed by atoms with van der Waals surface area (Å²) in [4.78, 5) is 0. The van der Waals surface area contributed by atoms with Gasteiger partial charge in [0.25, 0.3) is 10.0 Å². The molecule has 0 atom stereocenters. The smallest absolute Gasteiger partial charge is 0.262 e. The number of rotatable bonds is 3. The van der Waals surface area contributed by atoms with Gasteiger partial charge in [0.05, 0.1) is 11.6 Å². The van der Waals surface area contributed by atoms with Crippen LogP contribution in [-0.2, 0) is 10.0 Å². The van der Waals surface area contributed by atoms with Crippen LogP contribution in [0, 0.1) is 11.3 Å². The molecule has 0 unspecified atom stereocenters. The van der Waals surface area contributed by atoms with Gasteiger partial charge in [-0.2, -0.15) is 5.26 Å². The molecule has 1 N–H and O–H groups in total. The van der Waals surface area contributed by atoms with Gasteiger partial charge in [0, 0.05) is 5.69 Å². The Labute approximate surface area is 81.0 Å². The maximum Gasteiger partial charge on any atom is 0.262 e. The van der Waals surface area contributed by atoms with Crippen LogP contribution in [0.2, 0.25) is 0 Å². The van der Waals surface area contributed by atoms with Gasteiger partial charge in [-0.05, 0) is 18.2 Å². The topological polar surface area (TPSA) is 70.0 Å². The normalized spacial score (nSPS) is 10.6. The fourth-order valence-corrected chi connectivity index (χ4v) is 1.40. The number of halogens is 1. The van der Waals surface area contributed by atoms with Gasteiger partial charge in [-0.3, -0.25) is 4.72 Å². The molecule has 0 saturated heterocycles. The van der Waals surface area contributed by atoms with Crippen molar-refractivity contribution in [3.8, 4) is 6.07 Å². The molecule has 0 spiro atoms. The first kappa shape index (κ1) is 10.5. The molecule has 0 aliphatic rings. The highest BCUT2D eigenvalue weighted by atomic mass is 32.2. The first-order valence-corrected chi connectivity index (χ1v) is 5.29. The molecule has 1 aromatic rings. The quantitative estimate of drug-likeness (QED) is 0.822. The lowest BCUT2D eigenvalue weighted by Crippen LogP contribution is -2.13. The van der Waals surface area contributed by atoms with Crippen LogP contribution in [0.5, 0.6) is 0 Å². The van der Waals surface area contributed by atoms with E-state index in [9.17, 15) is 12.8 Å². The molecule has 4 nitrogen and oxygen atoms in total. The molecule has 0 saturated carbocycles. The molecule has 1 aromatic carbocycles. The summed E-state index contributed by atoms with van der Waals surface area (Å²) in [6, 6.07) is 6.15. The van der Waals surface area contributed by atoms with E-state index < -0.39 is 16.0 Å². The van der Waals surface area contributed by atoms with Gasteiger partial charge in [0.2, 0.25) is 6.01 Å². The predicted molar refractivity (Wildman–Crippen MR) is 49.7 cm³/mol. The lowest BCUT2D eigenvalue weighted by molar-refractivity contribution is 0.538. The summed E-state index contributed by atoms with van der Waals surface area (Å²) >= 11 is 0. The average Bonchev–Trinajstić information content (AvgIpc) is 2.17. The highest BCUT2D eigenvalue weighted by Crippen LogP contribution is 2.11. The minimum Gasteiger partial charge on any atom is -0.281 e. The second kappa shape index (κ2) is 4.07. The van der Waals surface area contributed by atoms with Crippen molar-refractivity contribution >= 4 is 15.7 Å². The second-order valence-corrected chi connectivity index (χ2v) is 4.17. The molecule has 74 valence electrons. The summed E-state index contributed by atoms with van der Waals surface area (Å²) in [7, 11) is -3.92. The Kier molecular flexibility index (Phi) is 3.04. The third-order valence-corrected chi connectivity index (χ3v) is 2.24. The van der Waals surface area contributed by atoms with Gasteiger partial charge in [0.15, 0.2) is 0 Å². The van der Waals surface area contributed by atoms with E-state index in [4.69, 9.17) is 5.26 Å². The summed E-state index contributed by atoms with van der Waals surface area (Å²) in [6.45, 7) is 0. The SMILES string of the molecule is N#Cc1cccc(NS(=O)(=O)CF)c1. The number of anilines is 1. The number of hydrogen-bond acceptors (Lipinski definition) is 3. The summed E-state index contributed by atoms with van der Waals surface area (Å²) in [5, 5.41) is 8.52. The van der Waals surface area contributed by atoms with E-state index in [1.165, 1.54) is 24.3 Å². The minimum absolute atomic E-state index is 0.182. The van der Waals surface area contributed by atoms with E-state index in [0.29, 0.717) is 5.56 Å². The molecular weight excluding hydrogens is 207 g/mol. The summed E-state index contributed by atoms with van der Waals surface area (Å²) in [5.41, 5.74) is 0.491. The molecule has 0 bridgehead atoms. The zero-order valence-corrected chi connectivity index (χ0v) is 7.88. The monoisotopic (exact) mass is 214 g/mol. The highest BCUT2D eigenvalue weighted by molar-refractivity contribution is 7.92. The van der Waals surface area contributed by atoms with Gasteiger partial charge in [0.1, 0.15) is 0 Å².